The van der Waals surface area contributed by atoms with Crippen molar-refractivity contribution in [3.05, 3.63) is 84.2 Å². The van der Waals surface area contributed by atoms with E-state index in [4.69, 9.17) is 4.42 Å². The van der Waals surface area contributed by atoms with E-state index in [0.29, 0.717) is 18.2 Å². The van der Waals surface area contributed by atoms with Crippen molar-refractivity contribution >= 4 is 31.8 Å². The van der Waals surface area contributed by atoms with Gasteiger partial charge in [-0.25, -0.2) is 13.4 Å². The summed E-state index contributed by atoms with van der Waals surface area (Å²) >= 11 is 0. The fraction of sp³-hybridized carbons (Fsp3) is 0.185. The van der Waals surface area contributed by atoms with Crippen LogP contribution in [0.3, 0.4) is 0 Å². The number of pyridine rings is 1. The Morgan fingerprint density at radius 3 is 2.41 bits per heavy atom. The van der Waals surface area contributed by atoms with E-state index in [1.54, 1.807) is 6.20 Å². The Labute approximate surface area is 198 Å². The fourth-order valence-corrected chi connectivity index (χ4v) is 4.95. The van der Waals surface area contributed by atoms with Crippen molar-refractivity contribution in [1.29, 1.82) is 0 Å². The second kappa shape index (κ2) is 8.66. The van der Waals surface area contributed by atoms with Gasteiger partial charge < -0.3 is 8.97 Å². The van der Waals surface area contributed by atoms with E-state index in [1.165, 1.54) is 16.5 Å². The fourth-order valence-electron chi connectivity index (χ4n) is 4.47. The van der Waals surface area contributed by atoms with Gasteiger partial charge in [-0.2, -0.15) is 4.57 Å². The highest BCUT2D eigenvalue weighted by atomic mass is 32.2. The molecule has 0 aliphatic carbocycles. The molecule has 0 aliphatic rings. The number of hydrogen-bond acceptors (Lipinski definition) is 5. The number of benzene rings is 3. The first kappa shape index (κ1) is 22.3. The number of rotatable bonds is 6. The van der Waals surface area contributed by atoms with Gasteiger partial charge in [-0.3, -0.25) is 0 Å². The molecule has 0 amide bonds. The Bertz CT molecular complexity index is 1640. The summed E-state index contributed by atoms with van der Waals surface area (Å²) < 4.78 is 41.2. The number of aryl methyl sites for hydroxylation is 3. The highest BCUT2D eigenvalue weighted by Crippen LogP contribution is 2.35. The molecule has 5 rings (SSSR count). The van der Waals surface area contributed by atoms with Crippen LogP contribution in [0.5, 0.6) is 0 Å². The van der Waals surface area contributed by atoms with Gasteiger partial charge in [0.1, 0.15) is 6.54 Å². The zero-order valence-electron chi connectivity index (χ0n) is 19.0. The van der Waals surface area contributed by atoms with E-state index in [1.807, 2.05) is 53.2 Å². The first-order valence-corrected chi connectivity index (χ1v) is 12.7. The smallest absolute Gasteiger partial charge is 0.227 e. The molecule has 0 bridgehead atoms. The van der Waals surface area contributed by atoms with E-state index in [9.17, 15) is 13.0 Å². The summed E-state index contributed by atoms with van der Waals surface area (Å²) in [5.41, 5.74) is 5.22. The van der Waals surface area contributed by atoms with Crippen LogP contribution in [-0.2, 0) is 16.7 Å². The van der Waals surface area contributed by atoms with Gasteiger partial charge in [0.05, 0.1) is 27.3 Å². The largest absolute Gasteiger partial charge is 0.748 e. The van der Waals surface area contributed by atoms with Gasteiger partial charge in [0.15, 0.2) is 12.0 Å². The molecule has 0 radical (unpaired) electrons. The van der Waals surface area contributed by atoms with Crippen molar-refractivity contribution in [3.63, 3.8) is 0 Å². The maximum Gasteiger partial charge on any atom is 0.227 e. The zero-order chi connectivity index (χ0) is 23.9. The number of para-hydroxylation sites is 1. The van der Waals surface area contributed by atoms with Crippen LogP contribution in [0.25, 0.3) is 44.5 Å². The van der Waals surface area contributed by atoms with Gasteiger partial charge in [0.25, 0.3) is 0 Å². The van der Waals surface area contributed by atoms with Crippen LogP contribution in [0.15, 0.2) is 77.5 Å². The maximum absolute atomic E-state index is 11.0. The van der Waals surface area contributed by atoms with E-state index < -0.39 is 10.1 Å². The van der Waals surface area contributed by atoms with Crippen LogP contribution in [0.4, 0.5) is 0 Å². The molecule has 34 heavy (non-hydrogen) atoms. The van der Waals surface area contributed by atoms with Crippen LogP contribution in [0.2, 0.25) is 0 Å². The zero-order valence-corrected chi connectivity index (χ0v) is 19.8. The van der Waals surface area contributed by atoms with Crippen molar-refractivity contribution in [3.8, 4) is 22.8 Å². The molecule has 0 saturated carbocycles. The monoisotopic (exact) mass is 472 g/mol. The minimum absolute atomic E-state index is 0.253. The van der Waals surface area contributed by atoms with Gasteiger partial charge in [0, 0.05) is 29.9 Å². The second-order valence-electron chi connectivity index (χ2n) is 8.50. The Kier molecular flexibility index (Phi) is 5.67. The Morgan fingerprint density at radius 1 is 0.941 bits per heavy atom. The van der Waals surface area contributed by atoms with Crippen molar-refractivity contribution in [2.24, 2.45) is 0 Å². The lowest BCUT2D eigenvalue weighted by atomic mass is 9.95. The van der Waals surface area contributed by atoms with Crippen LogP contribution >= 0.6 is 0 Å². The van der Waals surface area contributed by atoms with Crippen molar-refractivity contribution < 1.29 is 22.0 Å². The topological polar surface area (TPSA) is 87.1 Å². The van der Waals surface area contributed by atoms with E-state index in [-0.39, 0.29) is 12.2 Å². The summed E-state index contributed by atoms with van der Waals surface area (Å²) in [5, 5.41) is 3.26. The summed E-state index contributed by atoms with van der Waals surface area (Å²) in [7, 11) is -4.23. The molecule has 5 aromatic rings. The molecular weight excluding hydrogens is 448 g/mol. The average Bonchev–Trinajstić information content (AvgIpc) is 3.30. The van der Waals surface area contributed by atoms with Crippen LogP contribution < -0.4 is 4.57 Å². The Balaban J connectivity index is 1.56. The molecule has 7 heteroatoms. The molecule has 0 N–H and O–H groups in total. The molecule has 0 atom stereocenters. The summed E-state index contributed by atoms with van der Waals surface area (Å²) in [6.45, 7) is 4.66. The lowest BCUT2D eigenvalue weighted by Crippen LogP contribution is -2.35. The minimum atomic E-state index is -4.23. The summed E-state index contributed by atoms with van der Waals surface area (Å²) in [4.78, 5) is 4.60. The third-order valence-corrected chi connectivity index (χ3v) is 7.08. The summed E-state index contributed by atoms with van der Waals surface area (Å²) in [6.07, 6.45) is 3.90. The van der Waals surface area contributed by atoms with Crippen LogP contribution in [-0.4, -0.2) is 23.7 Å². The second-order valence-corrected chi connectivity index (χ2v) is 10.0. The predicted octanol–water partition coefficient (Wildman–Crippen LogP) is 5.15. The Hall–Kier alpha value is -3.55. The van der Waals surface area contributed by atoms with E-state index in [0.717, 1.165) is 27.4 Å². The minimum Gasteiger partial charge on any atom is -0.748 e. The molecule has 6 nitrogen and oxygen atoms in total. The molecule has 3 aromatic carbocycles. The quantitative estimate of drug-likeness (QED) is 0.252. The van der Waals surface area contributed by atoms with Gasteiger partial charge in [-0.1, -0.05) is 36.4 Å². The molecule has 0 saturated heterocycles. The maximum atomic E-state index is 11.0. The van der Waals surface area contributed by atoms with Gasteiger partial charge in [-0.05, 0) is 47.9 Å². The van der Waals surface area contributed by atoms with E-state index >= 15 is 0 Å². The SMILES string of the molecule is Cc1cc(-c2cnc(-c3cc[n+](CCCS(=O)(=O)[O-])c4ccccc34)o2)c2ccccc2c1C. The number of oxazole rings is 1. The number of hydrogen-bond donors (Lipinski definition) is 0. The Morgan fingerprint density at radius 2 is 1.65 bits per heavy atom. The normalized spacial score (nSPS) is 12.0. The number of fused-ring (bicyclic) bond motifs is 2. The van der Waals surface area contributed by atoms with Gasteiger partial charge in [-0.15, -0.1) is 0 Å². The van der Waals surface area contributed by atoms with Crippen LogP contribution in [0.1, 0.15) is 17.5 Å². The summed E-state index contributed by atoms with van der Waals surface area (Å²) in [6, 6.07) is 20.2. The van der Waals surface area contributed by atoms with Crippen molar-refractivity contribution in [1.82, 2.24) is 4.98 Å². The molecular formula is C27H24N2O4S. The third-order valence-electron chi connectivity index (χ3n) is 6.29. The lowest BCUT2D eigenvalue weighted by Gasteiger charge is -2.10. The highest BCUT2D eigenvalue weighted by molar-refractivity contribution is 7.85. The molecule has 0 fully saturated rings. The van der Waals surface area contributed by atoms with Crippen molar-refractivity contribution in [2.75, 3.05) is 5.75 Å². The summed E-state index contributed by atoms with van der Waals surface area (Å²) in [5.74, 6) is 0.835. The standard InChI is InChI=1S/C27H24N2O4S/c1-18-16-24(21-9-4-3-8-20(21)19(18)2)26-17-28-27(33-26)23-12-14-29(13-7-15-34(30,31)32)25-11-6-5-10-22(23)25/h3-6,8-12,14,16-17H,7,13,15H2,1-2H3. The van der Waals surface area contributed by atoms with Crippen molar-refractivity contribution in [2.45, 2.75) is 26.8 Å². The molecule has 2 heterocycles. The first-order valence-electron chi connectivity index (χ1n) is 11.1. The molecule has 0 spiro atoms. The number of nitrogens with zero attached hydrogens (tertiary/aromatic N) is 2. The van der Waals surface area contributed by atoms with E-state index in [2.05, 4.69) is 37.0 Å². The molecule has 172 valence electrons. The molecule has 2 aromatic heterocycles. The molecule has 0 unspecified atom stereocenters. The average molecular weight is 473 g/mol. The lowest BCUT2D eigenvalue weighted by molar-refractivity contribution is -0.671. The predicted molar refractivity (Wildman–Crippen MR) is 131 cm³/mol. The number of aromatic nitrogens is 2. The highest BCUT2D eigenvalue weighted by Gasteiger charge is 2.19. The van der Waals surface area contributed by atoms with Crippen LogP contribution in [0, 0.1) is 13.8 Å². The third kappa shape index (κ3) is 4.20. The molecule has 0 aliphatic heterocycles. The first-order chi connectivity index (χ1) is 16.3. The van der Waals surface area contributed by atoms with Gasteiger partial charge in [0.2, 0.25) is 11.4 Å². The van der Waals surface area contributed by atoms with Gasteiger partial charge >= 0.3 is 0 Å².